The first-order valence-corrected chi connectivity index (χ1v) is 8.05. The summed E-state index contributed by atoms with van der Waals surface area (Å²) < 4.78 is 11.5. The Labute approximate surface area is 143 Å². The lowest BCUT2D eigenvalue weighted by atomic mass is 10.0. The van der Waals surface area contributed by atoms with E-state index in [1.807, 2.05) is 13.0 Å². The summed E-state index contributed by atoms with van der Waals surface area (Å²) in [5.41, 5.74) is 4.33. The molecular formula is C20H17NO4. The minimum Gasteiger partial charge on any atom is -0.463 e. The first-order valence-electron chi connectivity index (χ1n) is 8.05. The van der Waals surface area contributed by atoms with Crippen LogP contribution in [0.4, 0.5) is 0 Å². The maximum Gasteiger partial charge on any atom is 0.196 e. The summed E-state index contributed by atoms with van der Waals surface area (Å²) in [5, 5.41) is 10.6. The molecule has 4 rings (SSSR count). The number of pyridine rings is 1. The molecule has 4 aromatic rings. The number of fused-ring (bicyclic) bond motifs is 2. The summed E-state index contributed by atoms with van der Waals surface area (Å²) in [7, 11) is 0. The Hall–Kier alpha value is -2.92. The Balaban J connectivity index is 2.07. The summed E-state index contributed by atoms with van der Waals surface area (Å²) in [5.74, 6) is 0.439. The van der Waals surface area contributed by atoms with E-state index in [9.17, 15) is 9.90 Å². The van der Waals surface area contributed by atoms with E-state index in [4.69, 9.17) is 8.83 Å². The molecule has 0 aliphatic rings. The quantitative estimate of drug-likeness (QED) is 0.592. The van der Waals surface area contributed by atoms with Gasteiger partial charge in [0.25, 0.3) is 0 Å². The number of hydrogen-bond donors (Lipinski definition) is 1. The SMILES string of the molecule is Cc1cc([C@H](C)O)c2oc(-c3cnc4ccoc4c3)c(C)c(=O)c2c1. The van der Waals surface area contributed by atoms with Crippen LogP contribution in [0.1, 0.15) is 29.7 Å². The topological polar surface area (TPSA) is 76.5 Å². The molecule has 3 heterocycles. The molecule has 0 saturated heterocycles. The highest BCUT2D eigenvalue weighted by Crippen LogP contribution is 2.31. The first-order chi connectivity index (χ1) is 12.0. The van der Waals surface area contributed by atoms with Crippen LogP contribution < -0.4 is 5.43 Å². The monoisotopic (exact) mass is 335 g/mol. The van der Waals surface area contributed by atoms with Crippen LogP contribution in [0.15, 0.2) is 50.4 Å². The van der Waals surface area contributed by atoms with Crippen LogP contribution in [0.3, 0.4) is 0 Å². The van der Waals surface area contributed by atoms with Gasteiger partial charge in [-0.05, 0) is 44.5 Å². The van der Waals surface area contributed by atoms with Crippen molar-refractivity contribution in [1.29, 1.82) is 0 Å². The lowest BCUT2D eigenvalue weighted by Gasteiger charge is -2.13. The summed E-state index contributed by atoms with van der Waals surface area (Å²) in [4.78, 5) is 17.2. The highest BCUT2D eigenvalue weighted by Gasteiger charge is 2.18. The van der Waals surface area contributed by atoms with Crippen molar-refractivity contribution in [2.75, 3.05) is 0 Å². The van der Waals surface area contributed by atoms with Crippen molar-refractivity contribution in [3.8, 4) is 11.3 Å². The molecule has 0 bridgehead atoms. The number of rotatable bonds is 2. The molecule has 0 aliphatic carbocycles. The molecule has 25 heavy (non-hydrogen) atoms. The van der Waals surface area contributed by atoms with Crippen molar-refractivity contribution >= 4 is 22.1 Å². The van der Waals surface area contributed by atoms with E-state index in [-0.39, 0.29) is 5.43 Å². The van der Waals surface area contributed by atoms with Crippen LogP contribution in [-0.4, -0.2) is 10.1 Å². The van der Waals surface area contributed by atoms with E-state index in [0.29, 0.717) is 39.0 Å². The summed E-state index contributed by atoms with van der Waals surface area (Å²) in [6.45, 7) is 5.28. The van der Waals surface area contributed by atoms with Crippen molar-refractivity contribution in [3.63, 3.8) is 0 Å². The predicted molar refractivity (Wildman–Crippen MR) is 95.6 cm³/mol. The Morgan fingerprint density at radius 3 is 2.76 bits per heavy atom. The average molecular weight is 335 g/mol. The average Bonchev–Trinajstić information content (AvgIpc) is 3.05. The van der Waals surface area contributed by atoms with Crippen LogP contribution in [0.2, 0.25) is 0 Å². The van der Waals surface area contributed by atoms with Gasteiger partial charge < -0.3 is 13.9 Å². The third kappa shape index (κ3) is 2.44. The standard InChI is InChI=1S/C20H17NO4/c1-10-6-14(12(3)22)20-15(7-10)18(23)11(2)19(25-20)13-8-17-16(21-9-13)4-5-24-17/h4-9,12,22H,1-3H3/t12-/m0/s1. The van der Waals surface area contributed by atoms with Crippen LogP contribution in [0.25, 0.3) is 33.4 Å². The number of aromatic nitrogens is 1. The van der Waals surface area contributed by atoms with E-state index < -0.39 is 6.10 Å². The van der Waals surface area contributed by atoms with Gasteiger partial charge in [-0.15, -0.1) is 0 Å². The highest BCUT2D eigenvalue weighted by molar-refractivity contribution is 5.85. The normalized spacial score (nSPS) is 12.8. The molecule has 0 saturated carbocycles. The molecule has 1 N–H and O–H groups in total. The highest BCUT2D eigenvalue weighted by atomic mass is 16.3. The van der Waals surface area contributed by atoms with Gasteiger partial charge in [0.05, 0.1) is 17.8 Å². The van der Waals surface area contributed by atoms with Crippen molar-refractivity contribution < 1.29 is 13.9 Å². The van der Waals surface area contributed by atoms with Gasteiger partial charge in [-0.2, -0.15) is 0 Å². The number of benzene rings is 1. The number of hydrogen-bond acceptors (Lipinski definition) is 5. The van der Waals surface area contributed by atoms with E-state index >= 15 is 0 Å². The van der Waals surface area contributed by atoms with Crippen molar-refractivity contribution in [3.05, 3.63) is 63.6 Å². The first kappa shape index (κ1) is 15.6. The van der Waals surface area contributed by atoms with E-state index in [0.717, 1.165) is 11.1 Å². The molecule has 0 unspecified atom stereocenters. The van der Waals surface area contributed by atoms with Gasteiger partial charge >= 0.3 is 0 Å². The predicted octanol–water partition coefficient (Wildman–Crippen LogP) is 4.27. The van der Waals surface area contributed by atoms with Gasteiger partial charge in [-0.1, -0.05) is 0 Å². The Bertz CT molecular complexity index is 1170. The zero-order chi connectivity index (χ0) is 17.7. The second kappa shape index (κ2) is 5.57. The zero-order valence-corrected chi connectivity index (χ0v) is 14.2. The maximum absolute atomic E-state index is 12.9. The fraction of sp³-hybridized carbons (Fsp3) is 0.200. The minimum atomic E-state index is -0.744. The minimum absolute atomic E-state index is 0.110. The summed E-state index contributed by atoms with van der Waals surface area (Å²) in [6.07, 6.45) is 2.48. The Morgan fingerprint density at radius 2 is 2.00 bits per heavy atom. The second-order valence-electron chi connectivity index (χ2n) is 6.32. The van der Waals surface area contributed by atoms with Crippen molar-refractivity contribution in [2.45, 2.75) is 26.9 Å². The molecule has 0 aliphatic heterocycles. The smallest absolute Gasteiger partial charge is 0.196 e. The van der Waals surface area contributed by atoms with Crippen LogP contribution in [0, 0.1) is 13.8 Å². The lowest BCUT2D eigenvalue weighted by Crippen LogP contribution is -2.09. The summed E-state index contributed by atoms with van der Waals surface area (Å²) in [6, 6.07) is 7.20. The molecular weight excluding hydrogens is 318 g/mol. The van der Waals surface area contributed by atoms with Crippen molar-refractivity contribution in [2.24, 2.45) is 0 Å². The van der Waals surface area contributed by atoms with Gasteiger partial charge in [0.2, 0.25) is 0 Å². The van der Waals surface area contributed by atoms with Gasteiger partial charge in [0, 0.05) is 29.0 Å². The Morgan fingerprint density at radius 1 is 1.20 bits per heavy atom. The molecule has 0 radical (unpaired) electrons. The lowest BCUT2D eigenvalue weighted by molar-refractivity contribution is 0.199. The molecule has 1 aromatic carbocycles. The number of nitrogens with zero attached hydrogens (tertiary/aromatic N) is 1. The molecule has 3 aromatic heterocycles. The molecule has 1 atom stereocenters. The fourth-order valence-corrected chi connectivity index (χ4v) is 3.12. The summed E-state index contributed by atoms with van der Waals surface area (Å²) >= 11 is 0. The van der Waals surface area contributed by atoms with E-state index in [1.54, 1.807) is 44.5 Å². The maximum atomic E-state index is 12.9. The van der Waals surface area contributed by atoms with Crippen LogP contribution >= 0.6 is 0 Å². The van der Waals surface area contributed by atoms with Gasteiger partial charge in [-0.25, -0.2) is 0 Å². The number of aliphatic hydroxyl groups is 1. The fourth-order valence-electron chi connectivity index (χ4n) is 3.12. The van der Waals surface area contributed by atoms with E-state index in [2.05, 4.69) is 4.98 Å². The number of aryl methyl sites for hydroxylation is 1. The van der Waals surface area contributed by atoms with Gasteiger partial charge in [-0.3, -0.25) is 9.78 Å². The largest absolute Gasteiger partial charge is 0.463 e. The third-order valence-electron chi connectivity index (χ3n) is 4.41. The third-order valence-corrected chi connectivity index (χ3v) is 4.41. The van der Waals surface area contributed by atoms with Crippen LogP contribution in [-0.2, 0) is 0 Å². The number of furan rings is 1. The van der Waals surface area contributed by atoms with Gasteiger partial charge in [0.15, 0.2) is 11.0 Å². The molecule has 126 valence electrons. The Kier molecular flexibility index (Phi) is 3.47. The van der Waals surface area contributed by atoms with Crippen LogP contribution in [0.5, 0.6) is 0 Å². The zero-order valence-electron chi connectivity index (χ0n) is 14.2. The second-order valence-corrected chi connectivity index (χ2v) is 6.32. The molecule has 0 fully saturated rings. The molecule has 0 amide bonds. The molecule has 0 spiro atoms. The number of aliphatic hydroxyl groups excluding tert-OH is 1. The van der Waals surface area contributed by atoms with Crippen molar-refractivity contribution in [1.82, 2.24) is 4.98 Å². The van der Waals surface area contributed by atoms with E-state index in [1.165, 1.54) is 0 Å². The van der Waals surface area contributed by atoms with Gasteiger partial charge in [0.1, 0.15) is 16.9 Å². The molecule has 5 nitrogen and oxygen atoms in total. The molecule has 5 heteroatoms.